The number of nitrogens with zero attached hydrogens (tertiary/aromatic N) is 3. The Hall–Kier alpha value is -1.43. The van der Waals surface area contributed by atoms with Gasteiger partial charge in [0, 0.05) is 11.8 Å². The fourth-order valence-electron chi connectivity index (χ4n) is 1.33. The molecular formula is C11H16N4OS. The molecule has 0 fully saturated rings. The predicted octanol–water partition coefficient (Wildman–Crippen LogP) is 2.73. The van der Waals surface area contributed by atoms with Crippen LogP contribution in [0.3, 0.4) is 0 Å². The quantitative estimate of drug-likeness (QED) is 0.856. The van der Waals surface area contributed by atoms with E-state index in [2.05, 4.69) is 34.3 Å². The first-order valence-corrected chi connectivity index (χ1v) is 6.61. The van der Waals surface area contributed by atoms with Gasteiger partial charge in [0.25, 0.3) is 0 Å². The molecule has 2 aromatic heterocycles. The van der Waals surface area contributed by atoms with Crippen molar-refractivity contribution in [2.45, 2.75) is 33.2 Å². The van der Waals surface area contributed by atoms with Crippen LogP contribution in [-0.2, 0) is 13.0 Å². The van der Waals surface area contributed by atoms with E-state index in [0.29, 0.717) is 24.4 Å². The SMILES string of the molecule is CC(C)CCc1nnc(NCc2cscn2)o1. The molecule has 0 spiro atoms. The lowest BCUT2D eigenvalue weighted by Gasteiger charge is -1.99. The summed E-state index contributed by atoms with van der Waals surface area (Å²) < 4.78 is 5.47. The van der Waals surface area contributed by atoms with Crippen molar-refractivity contribution < 1.29 is 4.42 Å². The van der Waals surface area contributed by atoms with Crippen LogP contribution in [0.2, 0.25) is 0 Å². The van der Waals surface area contributed by atoms with E-state index in [-0.39, 0.29) is 0 Å². The monoisotopic (exact) mass is 252 g/mol. The Morgan fingerprint density at radius 2 is 2.29 bits per heavy atom. The van der Waals surface area contributed by atoms with Crippen LogP contribution in [0.1, 0.15) is 31.9 Å². The van der Waals surface area contributed by atoms with Gasteiger partial charge in [-0.15, -0.1) is 16.4 Å². The first-order valence-electron chi connectivity index (χ1n) is 5.67. The van der Waals surface area contributed by atoms with Gasteiger partial charge in [-0.05, 0) is 12.3 Å². The second-order valence-corrected chi connectivity index (χ2v) is 4.99. The highest BCUT2D eigenvalue weighted by molar-refractivity contribution is 7.07. The number of thiazole rings is 1. The van der Waals surface area contributed by atoms with E-state index in [9.17, 15) is 0 Å². The molecule has 0 amide bonds. The highest BCUT2D eigenvalue weighted by atomic mass is 32.1. The molecule has 2 heterocycles. The van der Waals surface area contributed by atoms with Gasteiger partial charge in [0.1, 0.15) is 0 Å². The molecule has 0 saturated heterocycles. The van der Waals surface area contributed by atoms with E-state index in [1.807, 2.05) is 5.38 Å². The van der Waals surface area contributed by atoms with Gasteiger partial charge in [-0.2, -0.15) is 0 Å². The minimum Gasteiger partial charge on any atom is -0.408 e. The maximum atomic E-state index is 5.47. The van der Waals surface area contributed by atoms with Crippen LogP contribution in [0.25, 0.3) is 0 Å². The van der Waals surface area contributed by atoms with Gasteiger partial charge in [0.15, 0.2) is 0 Å². The Kier molecular flexibility index (Phi) is 4.08. The van der Waals surface area contributed by atoms with Crippen LogP contribution in [0, 0.1) is 5.92 Å². The highest BCUT2D eigenvalue weighted by Gasteiger charge is 2.06. The van der Waals surface area contributed by atoms with Crippen molar-refractivity contribution in [2.24, 2.45) is 5.92 Å². The Labute approximate surface area is 104 Å². The lowest BCUT2D eigenvalue weighted by Crippen LogP contribution is -1.99. The lowest BCUT2D eigenvalue weighted by molar-refractivity contribution is 0.469. The van der Waals surface area contributed by atoms with Crippen LogP contribution in [0.4, 0.5) is 6.01 Å². The van der Waals surface area contributed by atoms with E-state index in [0.717, 1.165) is 18.5 Å². The zero-order chi connectivity index (χ0) is 12.1. The summed E-state index contributed by atoms with van der Waals surface area (Å²) in [5, 5.41) is 13.0. The molecule has 0 saturated carbocycles. The Morgan fingerprint density at radius 1 is 1.41 bits per heavy atom. The molecule has 1 N–H and O–H groups in total. The second kappa shape index (κ2) is 5.77. The molecule has 0 aliphatic rings. The normalized spacial score (nSPS) is 11.0. The molecule has 2 rings (SSSR count). The Morgan fingerprint density at radius 3 is 3.00 bits per heavy atom. The van der Waals surface area contributed by atoms with Crippen molar-refractivity contribution in [1.82, 2.24) is 15.2 Å². The van der Waals surface area contributed by atoms with Gasteiger partial charge >= 0.3 is 6.01 Å². The van der Waals surface area contributed by atoms with Gasteiger partial charge in [-0.25, -0.2) is 4.98 Å². The molecule has 0 unspecified atom stereocenters. The first-order chi connectivity index (χ1) is 8.24. The second-order valence-electron chi connectivity index (χ2n) is 4.27. The van der Waals surface area contributed by atoms with Crippen LogP contribution < -0.4 is 5.32 Å². The minimum absolute atomic E-state index is 0.469. The fourth-order valence-corrected chi connectivity index (χ4v) is 1.89. The van der Waals surface area contributed by atoms with Crippen molar-refractivity contribution in [3.8, 4) is 0 Å². The number of rotatable bonds is 6. The summed E-state index contributed by atoms with van der Waals surface area (Å²) in [6.45, 7) is 4.98. The molecule has 17 heavy (non-hydrogen) atoms. The average Bonchev–Trinajstić information content (AvgIpc) is 2.95. The highest BCUT2D eigenvalue weighted by Crippen LogP contribution is 2.11. The molecular weight excluding hydrogens is 236 g/mol. The molecule has 0 bridgehead atoms. The predicted molar refractivity (Wildman–Crippen MR) is 66.9 cm³/mol. The molecule has 2 aromatic rings. The van der Waals surface area contributed by atoms with Gasteiger partial charge in [-0.1, -0.05) is 18.9 Å². The van der Waals surface area contributed by atoms with Gasteiger partial charge in [0.2, 0.25) is 5.89 Å². The summed E-state index contributed by atoms with van der Waals surface area (Å²) >= 11 is 1.57. The molecule has 0 radical (unpaired) electrons. The topological polar surface area (TPSA) is 63.8 Å². The Balaban J connectivity index is 1.81. The fraction of sp³-hybridized carbons (Fsp3) is 0.545. The van der Waals surface area contributed by atoms with Crippen LogP contribution in [0.15, 0.2) is 15.3 Å². The molecule has 6 heteroatoms. The van der Waals surface area contributed by atoms with E-state index in [4.69, 9.17) is 4.42 Å². The van der Waals surface area contributed by atoms with Crippen LogP contribution in [0.5, 0.6) is 0 Å². The number of nitrogens with one attached hydrogen (secondary N) is 1. The lowest BCUT2D eigenvalue weighted by atomic mass is 10.1. The van der Waals surface area contributed by atoms with E-state index in [1.165, 1.54) is 0 Å². The number of aryl methyl sites for hydroxylation is 1. The summed E-state index contributed by atoms with van der Waals surface area (Å²) in [6.07, 6.45) is 1.90. The van der Waals surface area contributed by atoms with Crippen molar-refractivity contribution in [1.29, 1.82) is 0 Å². The molecule has 5 nitrogen and oxygen atoms in total. The zero-order valence-corrected chi connectivity index (χ0v) is 10.8. The van der Waals surface area contributed by atoms with E-state index in [1.54, 1.807) is 16.8 Å². The smallest absolute Gasteiger partial charge is 0.315 e. The summed E-state index contributed by atoms with van der Waals surface area (Å²) in [6, 6.07) is 0.469. The third kappa shape index (κ3) is 3.81. The summed E-state index contributed by atoms with van der Waals surface area (Å²) in [5.41, 5.74) is 2.79. The van der Waals surface area contributed by atoms with Gasteiger partial charge in [0.05, 0.1) is 17.7 Å². The van der Waals surface area contributed by atoms with Crippen molar-refractivity contribution in [3.05, 3.63) is 22.5 Å². The average molecular weight is 252 g/mol. The van der Waals surface area contributed by atoms with Gasteiger partial charge in [-0.3, -0.25) is 0 Å². The molecule has 0 aliphatic carbocycles. The molecule has 0 atom stereocenters. The van der Waals surface area contributed by atoms with Crippen molar-refractivity contribution in [2.75, 3.05) is 5.32 Å². The van der Waals surface area contributed by atoms with Crippen molar-refractivity contribution in [3.63, 3.8) is 0 Å². The third-order valence-electron chi connectivity index (χ3n) is 2.31. The summed E-state index contributed by atoms with van der Waals surface area (Å²) in [4.78, 5) is 4.16. The standard InChI is InChI=1S/C11H16N4OS/c1-8(2)3-4-10-14-15-11(16-10)12-5-9-6-17-7-13-9/h6-8H,3-5H2,1-2H3,(H,12,15). The third-order valence-corrected chi connectivity index (χ3v) is 2.94. The summed E-state index contributed by atoms with van der Waals surface area (Å²) in [5.74, 6) is 1.34. The molecule has 0 aliphatic heterocycles. The van der Waals surface area contributed by atoms with Crippen molar-refractivity contribution >= 4 is 17.4 Å². The van der Waals surface area contributed by atoms with Gasteiger partial charge < -0.3 is 9.73 Å². The number of anilines is 1. The number of hydrogen-bond donors (Lipinski definition) is 1. The number of hydrogen-bond acceptors (Lipinski definition) is 6. The molecule has 92 valence electrons. The number of aromatic nitrogens is 3. The zero-order valence-electron chi connectivity index (χ0n) is 10.0. The van der Waals surface area contributed by atoms with E-state index >= 15 is 0 Å². The molecule has 0 aromatic carbocycles. The summed E-state index contributed by atoms with van der Waals surface area (Å²) in [7, 11) is 0. The van der Waals surface area contributed by atoms with E-state index < -0.39 is 0 Å². The van der Waals surface area contributed by atoms with Crippen LogP contribution >= 0.6 is 11.3 Å². The maximum Gasteiger partial charge on any atom is 0.315 e. The maximum absolute atomic E-state index is 5.47. The first kappa shape index (κ1) is 12.0. The minimum atomic E-state index is 0.469. The Bertz CT molecular complexity index is 438. The largest absolute Gasteiger partial charge is 0.408 e. The van der Waals surface area contributed by atoms with Crippen LogP contribution in [-0.4, -0.2) is 15.2 Å².